The van der Waals surface area contributed by atoms with Crippen LogP contribution in [0.2, 0.25) is 0 Å². The molecule has 0 heterocycles. The van der Waals surface area contributed by atoms with Crippen LogP contribution in [0.4, 0.5) is 4.39 Å². The lowest BCUT2D eigenvalue weighted by Crippen LogP contribution is -2.53. The van der Waals surface area contributed by atoms with E-state index < -0.39 is 17.4 Å². The van der Waals surface area contributed by atoms with Crippen LogP contribution in [0.1, 0.15) is 38.8 Å². The number of carbonyl (C=O) groups excluding carboxylic acids is 2. The molecule has 2 rings (SSSR count). The van der Waals surface area contributed by atoms with E-state index in [1.165, 1.54) is 6.07 Å². The maximum absolute atomic E-state index is 14.0. The lowest BCUT2D eigenvalue weighted by atomic mass is 10.1. The van der Waals surface area contributed by atoms with Crippen LogP contribution in [0.5, 0.6) is 0 Å². The van der Waals surface area contributed by atoms with Crippen LogP contribution < -0.4 is 5.32 Å². The number of nitrogens with one attached hydrogen (secondary N) is 1. The van der Waals surface area contributed by atoms with E-state index >= 15 is 0 Å². The van der Waals surface area contributed by atoms with Crippen molar-refractivity contribution in [2.75, 3.05) is 6.54 Å². The fourth-order valence-corrected chi connectivity index (χ4v) is 2.95. The summed E-state index contributed by atoms with van der Waals surface area (Å²) in [6, 6.07) is 15.4. The second-order valence-electron chi connectivity index (χ2n) is 8.01. The van der Waals surface area contributed by atoms with E-state index in [4.69, 9.17) is 0 Å². The van der Waals surface area contributed by atoms with Gasteiger partial charge in [-0.25, -0.2) is 4.39 Å². The second-order valence-corrected chi connectivity index (χ2v) is 8.01. The van der Waals surface area contributed by atoms with Crippen molar-refractivity contribution in [2.45, 2.75) is 52.1 Å². The molecular formula is C23H29FN2O2. The van der Waals surface area contributed by atoms with E-state index in [9.17, 15) is 14.0 Å². The van der Waals surface area contributed by atoms with Gasteiger partial charge in [0.1, 0.15) is 11.9 Å². The van der Waals surface area contributed by atoms with Crippen LogP contribution in [0.15, 0.2) is 54.6 Å². The van der Waals surface area contributed by atoms with Crippen molar-refractivity contribution in [3.8, 4) is 0 Å². The third-order valence-corrected chi connectivity index (χ3v) is 4.45. The zero-order valence-electron chi connectivity index (χ0n) is 17.0. The first-order valence-corrected chi connectivity index (χ1v) is 9.56. The molecule has 150 valence electrons. The second kappa shape index (κ2) is 9.49. The quantitative estimate of drug-likeness (QED) is 0.791. The van der Waals surface area contributed by atoms with Gasteiger partial charge in [-0.15, -0.1) is 0 Å². The minimum atomic E-state index is -0.651. The average Bonchev–Trinajstić information content (AvgIpc) is 2.63. The fraction of sp³-hybridized carbons (Fsp3) is 0.391. The van der Waals surface area contributed by atoms with Gasteiger partial charge >= 0.3 is 0 Å². The Labute approximate surface area is 166 Å². The smallest absolute Gasteiger partial charge is 0.242 e. The van der Waals surface area contributed by atoms with Gasteiger partial charge in [0.05, 0.1) is 6.42 Å². The highest BCUT2D eigenvalue weighted by atomic mass is 19.1. The number of hydrogen-bond acceptors (Lipinski definition) is 2. The Kier molecular flexibility index (Phi) is 7.32. The Morgan fingerprint density at radius 2 is 1.64 bits per heavy atom. The lowest BCUT2D eigenvalue weighted by Gasteiger charge is -2.31. The van der Waals surface area contributed by atoms with Crippen LogP contribution in [0, 0.1) is 5.82 Å². The number of rotatable bonds is 7. The largest absolute Gasteiger partial charge is 0.350 e. The first-order chi connectivity index (χ1) is 13.2. The first kappa shape index (κ1) is 21.6. The molecule has 0 spiro atoms. The van der Waals surface area contributed by atoms with Crippen molar-refractivity contribution in [1.29, 1.82) is 0 Å². The van der Waals surface area contributed by atoms with E-state index in [-0.39, 0.29) is 18.2 Å². The molecule has 0 saturated carbocycles. The summed E-state index contributed by atoms with van der Waals surface area (Å²) < 4.78 is 14.0. The van der Waals surface area contributed by atoms with E-state index in [0.29, 0.717) is 18.5 Å². The molecule has 0 saturated heterocycles. The summed E-state index contributed by atoms with van der Waals surface area (Å²) in [7, 11) is 0. The summed E-state index contributed by atoms with van der Waals surface area (Å²) >= 11 is 0. The van der Waals surface area contributed by atoms with Crippen LogP contribution in [0.3, 0.4) is 0 Å². The Bertz CT molecular complexity index is 800. The van der Waals surface area contributed by atoms with E-state index in [1.54, 1.807) is 30.0 Å². The van der Waals surface area contributed by atoms with Gasteiger partial charge in [-0.2, -0.15) is 0 Å². The number of amides is 2. The maximum Gasteiger partial charge on any atom is 0.242 e. The molecule has 5 heteroatoms. The molecule has 4 nitrogen and oxygen atoms in total. The Hall–Kier alpha value is -2.69. The van der Waals surface area contributed by atoms with Crippen LogP contribution >= 0.6 is 0 Å². The normalized spacial score (nSPS) is 12.3. The van der Waals surface area contributed by atoms with E-state index in [1.807, 2.05) is 51.1 Å². The number of carbonyl (C=O) groups is 2. The van der Waals surface area contributed by atoms with Crippen molar-refractivity contribution in [2.24, 2.45) is 0 Å². The third kappa shape index (κ3) is 6.48. The minimum Gasteiger partial charge on any atom is -0.350 e. The molecule has 0 aliphatic carbocycles. The lowest BCUT2D eigenvalue weighted by molar-refractivity contribution is -0.140. The zero-order valence-corrected chi connectivity index (χ0v) is 17.0. The van der Waals surface area contributed by atoms with Gasteiger partial charge in [0, 0.05) is 12.1 Å². The Balaban J connectivity index is 2.17. The van der Waals surface area contributed by atoms with Gasteiger partial charge in [0.25, 0.3) is 0 Å². The standard InChI is InChI=1S/C23H29FN2O2/c1-17(22(28)25-23(2,3)4)26(15-14-18-10-6-5-7-11-18)21(27)16-19-12-8-9-13-20(19)24/h5-13,17H,14-16H2,1-4H3,(H,25,28)/t17-/m0/s1. The molecule has 0 bridgehead atoms. The molecular weight excluding hydrogens is 355 g/mol. The summed E-state index contributed by atoms with van der Waals surface area (Å²) in [5, 5.41) is 2.92. The summed E-state index contributed by atoms with van der Waals surface area (Å²) in [5.74, 6) is -0.898. The molecule has 2 aromatic rings. The molecule has 1 atom stereocenters. The van der Waals surface area contributed by atoms with Crippen molar-refractivity contribution in [3.05, 3.63) is 71.5 Å². The number of halogens is 1. The van der Waals surface area contributed by atoms with Crippen LogP contribution in [-0.2, 0) is 22.4 Å². The molecule has 2 aromatic carbocycles. The number of hydrogen-bond donors (Lipinski definition) is 1. The Morgan fingerprint density at radius 3 is 2.25 bits per heavy atom. The van der Waals surface area contributed by atoms with Crippen LogP contribution in [-0.4, -0.2) is 34.8 Å². The van der Waals surface area contributed by atoms with Crippen molar-refractivity contribution in [3.63, 3.8) is 0 Å². The molecule has 2 amide bonds. The highest BCUT2D eigenvalue weighted by Crippen LogP contribution is 2.13. The fourth-order valence-electron chi connectivity index (χ4n) is 2.95. The summed E-state index contributed by atoms with van der Waals surface area (Å²) in [6.45, 7) is 7.79. The topological polar surface area (TPSA) is 49.4 Å². The average molecular weight is 384 g/mol. The van der Waals surface area contributed by atoms with Crippen molar-refractivity contribution < 1.29 is 14.0 Å². The molecule has 0 unspecified atom stereocenters. The van der Waals surface area contributed by atoms with Gasteiger partial charge in [0.2, 0.25) is 11.8 Å². The van der Waals surface area contributed by atoms with Crippen LogP contribution in [0.25, 0.3) is 0 Å². The molecule has 0 aliphatic rings. The van der Waals surface area contributed by atoms with Gasteiger partial charge in [-0.05, 0) is 51.3 Å². The summed E-state index contributed by atoms with van der Waals surface area (Å²) in [5.41, 5.74) is 1.01. The first-order valence-electron chi connectivity index (χ1n) is 9.56. The van der Waals surface area contributed by atoms with E-state index in [2.05, 4.69) is 5.32 Å². The van der Waals surface area contributed by atoms with Gasteiger partial charge in [-0.1, -0.05) is 48.5 Å². The summed E-state index contributed by atoms with van der Waals surface area (Å²) in [6.07, 6.45) is 0.547. The van der Waals surface area contributed by atoms with Crippen molar-refractivity contribution in [1.82, 2.24) is 10.2 Å². The zero-order chi connectivity index (χ0) is 20.7. The van der Waals surface area contributed by atoms with Gasteiger partial charge in [0.15, 0.2) is 0 Å². The molecule has 0 aliphatic heterocycles. The van der Waals surface area contributed by atoms with E-state index in [0.717, 1.165) is 5.56 Å². The predicted octanol–water partition coefficient (Wildman–Crippen LogP) is 3.74. The highest BCUT2D eigenvalue weighted by Gasteiger charge is 2.28. The predicted molar refractivity (Wildman–Crippen MR) is 109 cm³/mol. The maximum atomic E-state index is 14.0. The Morgan fingerprint density at radius 1 is 1.04 bits per heavy atom. The SMILES string of the molecule is C[C@@H](C(=O)NC(C)(C)C)N(CCc1ccccc1)C(=O)Cc1ccccc1F. The molecule has 1 N–H and O–H groups in total. The molecule has 28 heavy (non-hydrogen) atoms. The van der Waals surface area contributed by atoms with Gasteiger partial charge < -0.3 is 10.2 Å². The van der Waals surface area contributed by atoms with Gasteiger partial charge in [-0.3, -0.25) is 9.59 Å². The number of benzene rings is 2. The molecule has 0 radical (unpaired) electrons. The highest BCUT2D eigenvalue weighted by molar-refractivity contribution is 5.88. The van der Waals surface area contributed by atoms with Crippen molar-refractivity contribution >= 4 is 11.8 Å². The molecule has 0 aromatic heterocycles. The minimum absolute atomic E-state index is 0.0748. The number of nitrogens with zero attached hydrogens (tertiary/aromatic N) is 1. The summed E-state index contributed by atoms with van der Waals surface area (Å²) in [4.78, 5) is 27.2. The monoisotopic (exact) mass is 384 g/mol. The molecule has 0 fully saturated rings. The third-order valence-electron chi connectivity index (χ3n) is 4.45.